The summed E-state index contributed by atoms with van der Waals surface area (Å²) in [4.78, 5) is 11.9. The number of pyridine rings is 1. The van der Waals surface area contributed by atoms with Crippen LogP contribution >= 0.6 is 12.2 Å². The molecule has 1 atom stereocenters. The molecular formula is C10H14N2O2S. The Kier molecular flexibility index (Phi) is 3.99. The molecule has 0 aliphatic heterocycles. The predicted octanol–water partition coefficient (Wildman–Crippen LogP) is 0.517. The van der Waals surface area contributed by atoms with Crippen molar-refractivity contribution in [3.8, 4) is 0 Å². The molecule has 1 rings (SSSR count). The summed E-state index contributed by atoms with van der Waals surface area (Å²) in [6.07, 6.45) is 1.67. The molecule has 0 amide bonds. The SMILES string of the molecule is COC(C)Cn1cccc(C(N)=S)c1=O. The highest BCUT2D eigenvalue weighted by atomic mass is 32.1. The van der Waals surface area contributed by atoms with Crippen LogP contribution in [-0.4, -0.2) is 22.8 Å². The van der Waals surface area contributed by atoms with Crippen LogP contribution < -0.4 is 11.3 Å². The highest BCUT2D eigenvalue weighted by Gasteiger charge is 2.07. The van der Waals surface area contributed by atoms with E-state index in [1.54, 1.807) is 30.0 Å². The van der Waals surface area contributed by atoms with E-state index < -0.39 is 0 Å². The topological polar surface area (TPSA) is 57.2 Å². The third-order valence-corrected chi connectivity index (χ3v) is 2.36. The Labute approximate surface area is 93.7 Å². The Bertz CT molecular complexity index is 414. The van der Waals surface area contributed by atoms with E-state index in [-0.39, 0.29) is 16.7 Å². The number of methoxy groups -OCH3 is 1. The van der Waals surface area contributed by atoms with Gasteiger partial charge in [-0.2, -0.15) is 0 Å². The number of nitrogens with two attached hydrogens (primary N) is 1. The summed E-state index contributed by atoms with van der Waals surface area (Å²) in [5.41, 5.74) is 5.63. The van der Waals surface area contributed by atoms with E-state index >= 15 is 0 Å². The molecule has 0 aliphatic rings. The van der Waals surface area contributed by atoms with Crippen molar-refractivity contribution in [1.29, 1.82) is 0 Å². The molecule has 0 radical (unpaired) electrons. The van der Waals surface area contributed by atoms with E-state index in [9.17, 15) is 4.79 Å². The van der Waals surface area contributed by atoms with E-state index in [1.807, 2.05) is 6.92 Å². The predicted molar refractivity (Wildman–Crippen MR) is 63.1 cm³/mol. The summed E-state index contributed by atoms with van der Waals surface area (Å²) in [6.45, 7) is 2.38. The number of ether oxygens (including phenoxy) is 1. The van der Waals surface area contributed by atoms with Gasteiger partial charge in [0.1, 0.15) is 4.99 Å². The molecule has 82 valence electrons. The first-order valence-electron chi connectivity index (χ1n) is 4.58. The average Bonchev–Trinajstić information content (AvgIpc) is 2.20. The van der Waals surface area contributed by atoms with Gasteiger partial charge in [-0.15, -0.1) is 0 Å². The summed E-state index contributed by atoms with van der Waals surface area (Å²) in [6, 6.07) is 3.37. The van der Waals surface area contributed by atoms with Gasteiger partial charge >= 0.3 is 0 Å². The van der Waals surface area contributed by atoms with Crippen molar-refractivity contribution in [3.63, 3.8) is 0 Å². The van der Waals surface area contributed by atoms with Crippen molar-refractivity contribution in [2.24, 2.45) is 5.73 Å². The second-order valence-electron chi connectivity index (χ2n) is 3.29. The Balaban J connectivity index is 3.05. The smallest absolute Gasteiger partial charge is 0.260 e. The van der Waals surface area contributed by atoms with Gasteiger partial charge in [0, 0.05) is 13.3 Å². The lowest BCUT2D eigenvalue weighted by Gasteiger charge is -2.12. The molecule has 1 aromatic rings. The molecule has 1 unspecified atom stereocenters. The maximum absolute atomic E-state index is 11.8. The minimum absolute atomic E-state index is 0.0238. The third kappa shape index (κ3) is 2.87. The highest BCUT2D eigenvalue weighted by molar-refractivity contribution is 7.80. The minimum atomic E-state index is -0.172. The van der Waals surface area contributed by atoms with Crippen LogP contribution in [0.5, 0.6) is 0 Å². The van der Waals surface area contributed by atoms with Crippen LogP contribution in [0.3, 0.4) is 0 Å². The first-order chi connectivity index (χ1) is 7.06. The monoisotopic (exact) mass is 226 g/mol. The van der Waals surface area contributed by atoms with Gasteiger partial charge in [0.2, 0.25) is 0 Å². The van der Waals surface area contributed by atoms with Crippen LogP contribution in [0.25, 0.3) is 0 Å². The maximum Gasteiger partial charge on any atom is 0.260 e. The third-order valence-electron chi connectivity index (χ3n) is 2.14. The van der Waals surface area contributed by atoms with Gasteiger partial charge in [-0.25, -0.2) is 0 Å². The van der Waals surface area contributed by atoms with Crippen molar-refractivity contribution in [1.82, 2.24) is 4.57 Å². The lowest BCUT2D eigenvalue weighted by molar-refractivity contribution is 0.102. The van der Waals surface area contributed by atoms with E-state index in [0.29, 0.717) is 12.1 Å². The van der Waals surface area contributed by atoms with Gasteiger partial charge in [-0.1, -0.05) is 12.2 Å². The first kappa shape index (κ1) is 11.9. The molecule has 5 heteroatoms. The Hall–Kier alpha value is -1.20. The van der Waals surface area contributed by atoms with Crippen LogP contribution in [-0.2, 0) is 11.3 Å². The maximum atomic E-state index is 11.8. The first-order valence-corrected chi connectivity index (χ1v) is 4.99. The zero-order chi connectivity index (χ0) is 11.4. The largest absolute Gasteiger partial charge is 0.389 e. The lowest BCUT2D eigenvalue weighted by Crippen LogP contribution is -2.31. The molecule has 0 bridgehead atoms. The molecule has 0 saturated heterocycles. The Morgan fingerprint density at radius 2 is 2.40 bits per heavy atom. The molecular weight excluding hydrogens is 212 g/mol. The van der Waals surface area contributed by atoms with E-state index in [4.69, 9.17) is 22.7 Å². The molecule has 0 spiro atoms. The van der Waals surface area contributed by atoms with Crippen molar-refractivity contribution < 1.29 is 4.74 Å². The second-order valence-corrected chi connectivity index (χ2v) is 3.73. The van der Waals surface area contributed by atoms with Crippen molar-refractivity contribution in [3.05, 3.63) is 34.2 Å². The number of hydrogen-bond acceptors (Lipinski definition) is 3. The summed E-state index contributed by atoms with van der Waals surface area (Å²) in [5.74, 6) is 0. The molecule has 4 nitrogen and oxygen atoms in total. The summed E-state index contributed by atoms with van der Waals surface area (Å²) in [7, 11) is 1.60. The van der Waals surface area contributed by atoms with Gasteiger partial charge < -0.3 is 15.0 Å². The van der Waals surface area contributed by atoms with Crippen LogP contribution in [0.15, 0.2) is 23.1 Å². The summed E-state index contributed by atoms with van der Waals surface area (Å²) < 4.78 is 6.63. The summed E-state index contributed by atoms with van der Waals surface area (Å²) >= 11 is 4.78. The molecule has 0 fully saturated rings. The molecule has 0 aromatic carbocycles. The molecule has 15 heavy (non-hydrogen) atoms. The zero-order valence-electron chi connectivity index (χ0n) is 8.77. The molecule has 0 aliphatic carbocycles. The van der Waals surface area contributed by atoms with Crippen LogP contribution in [0.1, 0.15) is 12.5 Å². The van der Waals surface area contributed by atoms with Gasteiger partial charge in [0.05, 0.1) is 18.2 Å². The number of aromatic nitrogens is 1. The van der Waals surface area contributed by atoms with Gasteiger partial charge in [0.25, 0.3) is 5.56 Å². The molecule has 2 N–H and O–H groups in total. The number of rotatable bonds is 4. The Morgan fingerprint density at radius 1 is 1.73 bits per heavy atom. The summed E-state index contributed by atoms with van der Waals surface area (Å²) in [5, 5.41) is 0. The second kappa shape index (κ2) is 5.04. The van der Waals surface area contributed by atoms with Gasteiger partial charge in [-0.05, 0) is 19.1 Å². The minimum Gasteiger partial charge on any atom is -0.389 e. The van der Waals surface area contributed by atoms with Crippen LogP contribution in [0, 0.1) is 0 Å². The van der Waals surface area contributed by atoms with Crippen molar-refractivity contribution in [2.45, 2.75) is 19.6 Å². The molecule has 1 aromatic heterocycles. The van der Waals surface area contributed by atoms with Gasteiger partial charge in [0.15, 0.2) is 0 Å². The Morgan fingerprint density at radius 3 is 2.93 bits per heavy atom. The zero-order valence-corrected chi connectivity index (χ0v) is 9.58. The van der Waals surface area contributed by atoms with E-state index in [2.05, 4.69) is 0 Å². The van der Waals surface area contributed by atoms with E-state index in [0.717, 1.165) is 0 Å². The molecule has 0 saturated carbocycles. The standard InChI is InChI=1S/C10H14N2O2S/c1-7(14-2)6-12-5-3-4-8(9(11)15)10(12)13/h3-5,7H,6H2,1-2H3,(H2,11,15). The lowest BCUT2D eigenvalue weighted by atomic mass is 10.2. The van der Waals surface area contributed by atoms with Crippen molar-refractivity contribution in [2.75, 3.05) is 7.11 Å². The quantitative estimate of drug-likeness (QED) is 0.760. The number of hydrogen-bond donors (Lipinski definition) is 1. The fraction of sp³-hybridized carbons (Fsp3) is 0.400. The van der Waals surface area contributed by atoms with E-state index in [1.165, 1.54) is 0 Å². The normalized spacial score (nSPS) is 12.4. The van der Waals surface area contributed by atoms with Crippen LogP contribution in [0.4, 0.5) is 0 Å². The number of thiocarbonyl (C=S) groups is 1. The van der Waals surface area contributed by atoms with Crippen LogP contribution in [0.2, 0.25) is 0 Å². The highest BCUT2D eigenvalue weighted by Crippen LogP contribution is 1.96. The average molecular weight is 226 g/mol. The fourth-order valence-electron chi connectivity index (χ4n) is 1.22. The fourth-order valence-corrected chi connectivity index (χ4v) is 1.38. The van der Waals surface area contributed by atoms with Crippen molar-refractivity contribution >= 4 is 17.2 Å². The number of nitrogens with zero attached hydrogens (tertiary/aromatic N) is 1. The van der Waals surface area contributed by atoms with Gasteiger partial charge in [-0.3, -0.25) is 4.79 Å². The molecule has 1 heterocycles.